The first-order valence-corrected chi connectivity index (χ1v) is 9.13. The summed E-state index contributed by atoms with van der Waals surface area (Å²) in [5.41, 5.74) is 30.0. The molecule has 3 rings (SSSR count). The van der Waals surface area contributed by atoms with Gasteiger partial charge in [-0.1, -0.05) is 35.3 Å². The summed E-state index contributed by atoms with van der Waals surface area (Å²) in [6.07, 6.45) is 0.929. The largest absolute Gasteiger partial charge is 0.399 e. The number of rotatable bonds is 2. The van der Waals surface area contributed by atoms with E-state index in [0.29, 0.717) is 21.4 Å². The van der Waals surface area contributed by atoms with Gasteiger partial charge in [-0.3, -0.25) is 0 Å². The molecule has 0 fully saturated rings. The molecule has 0 saturated carbocycles. The van der Waals surface area contributed by atoms with E-state index in [2.05, 4.69) is 26.0 Å². The number of benzene rings is 3. The van der Waals surface area contributed by atoms with Gasteiger partial charge in [0.15, 0.2) is 0 Å². The van der Waals surface area contributed by atoms with Crippen LogP contribution in [0.2, 0.25) is 10.0 Å². The maximum atomic E-state index is 5.75. The average molecular weight is 403 g/mol. The molecule has 4 nitrogen and oxygen atoms in total. The molecule has 3 aromatic rings. The smallest absolute Gasteiger partial charge is 0.0656 e. The highest BCUT2D eigenvalue weighted by Crippen LogP contribution is 2.28. The Kier molecular flexibility index (Phi) is 6.83. The van der Waals surface area contributed by atoms with E-state index in [1.807, 2.05) is 24.3 Å². The molecule has 0 aliphatic carbocycles. The van der Waals surface area contributed by atoms with Crippen LogP contribution in [0.25, 0.3) is 0 Å². The first-order valence-electron chi connectivity index (χ1n) is 8.37. The maximum Gasteiger partial charge on any atom is 0.0656 e. The third-order valence-corrected chi connectivity index (χ3v) is 4.88. The number of hydrogen-bond acceptors (Lipinski definition) is 4. The molecule has 0 amide bonds. The molecule has 0 radical (unpaired) electrons. The number of nitrogen functional groups attached to an aromatic ring is 4. The van der Waals surface area contributed by atoms with Crippen molar-refractivity contribution < 1.29 is 0 Å². The van der Waals surface area contributed by atoms with Gasteiger partial charge in [-0.05, 0) is 78.9 Å². The predicted molar refractivity (Wildman–Crippen MR) is 119 cm³/mol. The van der Waals surface area contributed by atoms with Gasteiger partial charge >= 0.3 is 0 Å². The van der Waals surface area contributed by atoms with Crippen LogP contribution in [-0.4, -0.2) is 0 Å². The summed E-state index contributed by atoms with van der Waals surface area (Å²) in [6, 6.07) is 15.2. The van der Waals surface area contributed by atoms with Crippen LogP contribution in [0.1, 0.15) is 22.3 Å². The number of nitrogens with two attached hydrogens (primary N) is 4. The molecule has 0 heterocycles. The third-order valence-electron chi connectivity index (χ3n) is 4.23. The van der Waals surface area contributed by atoms with E-state index in [0.717, 1.165) is 17.8 Å². The van der Waals surface area contributed by atoms with Crippen molar-refractivity contribution in [2.45, 2.75) is 20.3 Å². The molecular weight excluding hydrogens is 379 g/mol. The Morgan fingerprint density at radius 1 is 0.630 bits per heavy atom. The fraction of sp³-hybridized carbons (Fsp3) is 0.143. The van der Waals surface area contributed by atoms with E-state index >= 15 is 0 Å². The van der Waals surface area contributed by atoms with E-state index in [4.69, 9.17) is 46.1 Å². The van der Waals surface area contributed by atoms with Crippen LogP contribution in [0.4, 0.5) is 22.7 Å². The van der Waals surface area contributed by atoms with Crippen molar-refractivity contribution in [3.05, 3.63) is 80.8 Å². The van der Waals surface area contributed by atoms with Gasteiger partial charge in [0.25, 0.3) is 0 Å². The first kappa shape index (κ1) is 20.7. The van der Waals surface area contributed by atoms with Crippen molar-refractivity contribution in [3.63, 3.8) is 0 Å². The molecule has 0 unspecified atom stereocenters. The van der Waals surface area contributed by atoms with Crippen molar-refractivity contribution in [1.82, 2.24) is 0 Å². The molecule has 0 atom stereocenters. The molecular formula is C21H24Cl2N4. The van der Waals surface area contributed by atoms with Crippen molar-refractivity contribution in [1.29, 1.82) is 0 Å². The molecule has 6 heteroatoms. The summed E-state index contributed by atoms with van der Waals surface area (Å²) in [5, 5.41) is 0.865. The minimum absolute atomic E-state index is 0.432. The molecule has 142 valence electrons. The lowest BCUT2D eigenvalue weighted by Gasteiger charge is -2.10. The lowest BCUT2D eigenvalue weighted by atomic mass is 9.97. The Morgan fingerprint density at radius 2 is 1.00 bits per heavy atom. The van der Waals surface area contributed by atoms with Crippen molar-refractivity contribution in [2.24, 2.45) is 0 Å². The molecule has 0 bridgehead atoms. The van der Waals surface area contributed by atoms with Gasteiger partial charge in [-0.2, -0.15) is 0 Å². The van der Waals surface area contributed by atoms with Crippen LogP contribution >= 0.6 is 23.2 Å². The Hall–Kier alpha value is -2.56. The topological polar surface area (TPSA) is 104 Å². The van der Waals surface area contributed by atoms with Crippen LogP contribution in [0.15, 0.2) is 48.5 Å². The third kappa shape index (κ3) is 5.71. The van der Waals surface area contributed by atoms with Crippen molar-refractivity contribution >= 4 is 46.0 Å². The van der Waals surface area contributed by atoms with Crippen LogP contribution in [-0.2, 0) is 6.42 Å². The van der Waals surface area contributed by atoms with Gasteiger partial charge in [-0.25, -0.2) is 0 Å². The highest BCUT2D eigenvalue weighted by Gasteiger charge is 2.04. The number of hydrogen-bond donors (Lipinski definition) is 4. The molecule has 0 aliphatic rings. The van der Waals surface area contributed by atoms with Gasteiger partial charge in [0.2, 0.25) is 0 Å². The number of halogens is 2. The van der Waals surface area contributed by atoms with Gasteiger partial charge in [0.1, 0.15) is 0 Å². The van der Waals surface area contributed by atoms with Crippen LogP contribution < -0.4 is 22.9 Å². The summed E-state index contributed by atoms with van der Waals surface area (Å²) < 4.78 is 0. The fourth-order valence-corrected chi connectivity index (χ4v) is 2.96. The maximum absolute atomic E-state index is 5.75. The van der Waals surface area contributed by atoms with Gasteiger partial charge < -0.3 is 22.9 Å². The van der Waals surface area contributed by atoms with Crippen LogP contribution in [0.5, 0.6) is 0 Å². The number of anilines is 4. The van der Waals surface area contributed by atoms with E-state index in [9.17, 15) is 0 Å². The zero-order valence-corrected chi connectivity index (χ0v) is 16.9. The van der Waals surface area contributed by atoms with E-state index in [-0.39, 0.29) is 0 Å². The van der Waals surface area contributed by atoms with E-state index < -0.39 is 0 Å². The molecule has 3 aromatic carbocycles. The standard InChI is InChI=1S/C15H18N2.C6H6Cl2N2/c1-10-7-14(16)5-3-12(10)9-13-4-6-15(17)8-11(13)2;7-3-1-5(9)4(8)2-6(3)10/h3-8H,9,16-17H2,1-2H3;1-2H,9-10H2. The van der Waals surface area contributed by atoms with E-state index in [1.165, 1.54) is 34.4 Å². The normalized spacial score (nSPS) is 10.2. The molecule has 0 saturated heterocycles. The van der Waals surface area contributed by atoms with Crippen molar-refractivity contribution in [3.8, 4) is 0 Å². The molecule has 8 N–H and O–H groups in total. The first-order chi connectivity index (χ1) is 12.7. The summed E-state index contributed by atoms with van der Waals surface area (Å²) in [4.78, 5) is 0. The fourth-order valence-electron chi connectivity index (χ4n) is 2.62. The van der Waals surface area contributed by atoms with E-state index in [1.54, 1.807) is 0 Å². The Morgan fingerprint density at radius 3 is 1.33 bits per heavy atom. The lowest BCUT2D eigenvalue weighted by Crippen LogP contribution is -1.97. The lowest BCUT2D eigenvalue weighted by molar-refractivity contribution is 1.13. The SMILES string of the molecule is Cc1cc(N)ccc1Cc1ccc(N)cc1C.Nc1cc(Cl)c(N)cc1Cl. The quantitative estimate of drug-likeness (QED) is 0.441. The van der Waals surface area contributed by atoms with Gasteiger partial charge in [0.05, 0.1) is 21.4 Å². The Labute approximate surface area is 170 Å². The van der Waals surface area contributed by atoms with Gasteiger partial charge in [0, 0.05) is 11.4 Å². The zero-order chi connectivity index (χ0) is 20.1. The monoisotopic (exact) mass is 402 g/mol. The highest BCUT2D eigenvalue weighted by molar-refractivity contribution is 6.36. The Balaban J connectivity index is 0.000000223. The molecule has 0 aliphatic heterocycles. The summed E-state index contributed by atoms with van der Waals surface area (Å²) in [6.45, 7) is 4.19. The Bertz CT molecular complexity index is 855. The molecule has 0 aromatic heterocycles. The predicted octanol–water partition coefficient (Wildman–Crippen LogP) is 5.22. The highest BCUT2D eigenvalue weighted by atomic mass is 35.5. The van der Waals surface area contributed by atoms with Crippen LogP contribution in [0.3, 0.4) is 0 Å². The number of aryl methyl sites for hydroxylation is 2. The molecule has 0 spiro atoms. The summed E-state index contributed by atoms with van der Waals surface area (Å²) in [7, 11) is 0. The second-order valence-electron chi connectivity index (χ2n) is 6.44. The zero-order valence-electron chi connectivity index (χ0n) is 15.4. The summed E-state index contributed by atoms with van der Waals surface area (Å²) >= 11 is 11.2. The second kappa shape index (κ2) is 8.89. The average Bonchev–Trinajstić information content (AvgIpc) is 2.58. The van der Waals surface area contributed by atoms with Gasteiger partial charge in [-0.15, -0.1) is 0 Å². The summed E-state index contributed by atoms with van der Waals surface area (Å²) in [5.74, 6) is 0. The minimum atomic E-state index is 0.432. The second-order valence-corrected chi connectivity index (χ2v) is 7.26. The molecule has 27 heavy (non-hydrogen) atoms. The van der Waals surface area contributed by atoms with Crippen molar-refractivity contribution in [2.75, 3.05) is 22.9 Å². The minimum Gasteiger partial charge on any atom is -0.399 e. The van der Waals surface area contributed by atoms with Crippen LogP contribution in [0, 0.1) is 13.8 Å².